The van der Waals surface area contributed by atoms with E-state index in [9.17, 15) is 19.1 Å². The average Bonchev–Trinajstić information content (AvgIpc) is 3.00. The number of hydrogen-bond donors (Lipinski definition) is 1. The Morgan fingerprint density at radius 3 is 2.50 bits per heavy atom. The molecule has 1 N–H and O–H groups in total. The maximum absolute atomic E-state index is 13.5. The second-order valence-electron chi connectivity index (χ2n) is 7.54. The van der Waals surface area contributed by atoms with E-state index >= 15 is 0 Å². The zero-order valence-corrected chi connectivity index (χ0v) is 18.9. The predicted molar refractivity (Wildman–Crippen MR) is 119 cm³/mol. The number of hydrogen-bond acceptors (Lipinski definition) is 5. The van der Waals surface area contributed by atoms with Gasteiger partial charge in [0.15, 0.2) is 0 Å². The third kappa shape index (κ3) is 4.95. The first-order chi connectivity index (χ1) is 15.2. The van der Waals surface area contributed by atoms with E-state index in [0.29, 0.717) is 22.9 Å². The second kappa shape index (κ2) is 10.1. The van der Waals surface area contributed by atoms with Crippen molar-refractivity contribution in [3.05, 3.63) is 70.0 Å². The van der Waals surface area contributed by atoms with Crippen LogP contribution in [-0.4, -0.2) is 47.6 Å². The first-order valence-corrected chi connectivity index (χ1v) is 10.7. The molecule has 0 aliphatic carbocycles. The van der Waals surface area contributed by atoms with Gasteiger partial charge in [0.2, 0.25) is 0 Å². The summed E-state index contributed by atoms with van der Waals surface area (Å²) in [6.45, 7) is 6.22. The Morgan fingerprint density at radius 2 is 1.88 bits per heavy atom. The van der Waals surface area contributed by atoms with Gasteiger partial charge in [0, 0.05) is 12.1 Å². The van der Waals surface area contributed by atoms with Crippen LogP contribution in [0.3, 0.4) is 0 Å². The van der Waals surface area contributed by atoms with Crippen molar-refractivity contribution in [2.45, 2.75) is 32.9 Å². The van der Waals surface area contributed by atoms with Crippen LogP contribution < -0.4 is 4.74 Å². The summed E-state index contributed by atoms with van der Waals surface area (Å²) in [5, 5.41) is 11.4. The molecule has 2 aromatic carbocycles. The van der Waals surface area contributed by atoms with E-state index in [2.05, 4.69) is 0 Å². The molecule has 1 fully saturated rings. The van der Waals surface area contributed by atoms with Crippen LogP contribution in [0, 0.1) is 5.82 Å². The molecular formula is C24H25ClFNO5. The summed E-state index contributed by atoms with van der Waals surface area (Å²) in [7, 11) is 0. The normalized spacial score (nSPS) is 17.9. The number of nitrogens with zero attached hydrogens (tertiary/aromatic N) is 1. The van der Waals surface area contributed by atoms with Gasteiger partial charge < -0.3 is 19.5 Å². The number of ketones is 1. The van der Waals surface area contributed by atoms with E-state index in [1.54, 1.807) is 13.0 Å². The molecule has 1 saturated heterocycles. The Morgan fingerprint density at radius 1 is 1.19 bits per heavy atom. The maximum atomic E-state index is 13.5. The molecule has 2 aromatic rings. The minimum Gasteiger partial charge on any atom is -0.507 e. The van der Waals surface area contributed by atoms with E-state index < -0.39 is 23.5 Å². The van der Waals surface area contributed by atoms with Crippen LogP contribution >= 0.6 is 11.6 Å². The number of Topliss-reactive ketones (excluding diaryl/α,β-unsaturated/α-hetero) is 1. The van der Waals surface area contributed by atoms with Gasteiger partial charge in [0.05, 0.1) is 36.0 Å². The molecule has 1 aliphatic rings. The minimum absolute atomic E-state index is 0.0536. The Labute approximate surface area is 191 Å². The molecule has 0 spiro atoms. The van der Waals surface area contributed by atoms with Crippen molar-refractivity contribution in [3.63, 3.8) is 0 Å². The summed E-state index contributed by atoms with van der Waals surface area (Å²) in [6, 6.07) is 9.17. The van der Waals surface area contributed by atoms with E-state index in [4.69, 9.17) is 21.1 Å². The third-order valence-corrected chi connectivity index (χ3v) is 5.33. The van der Waals surface area contributed by atoms with Crippen LogP contribution in [0.5, 0.6) is 5.75 Å². The molecule has 6 nitrogen and oxygen atoms in total. The van der Waals surface area contributed by atoms with E-state index in [1.165, 1.54) is 41.3 Å². The molecule has 1 atom stereocenters. The van der Waals surface area contributed by atoms with E-state index in [0.717, 1.165) is 0 Å². The van der Waals surface area contributed by atoms with Gasteiger partial charge in [-0.25, -0.2) is 4.39 Å². The predicted octanol–water partition coefficient (Wildman–Crippen LogP) is 4.72. The fourth-order valence-corrected chi connectivity index (χ4v) is 3.73. The lowest BCUT2D eigenvalue weighted by Gasteiger charge is -2.25. The number of amides is 1. The highest BCUT2D eigenvalue weighted by Gasteiger charge is 2.46. The van der Waals surface area contributed by atoms with Gasteiger partial charge >= 0.3 is 0 Å². The summed E-state index contributed by atoms with van der Waals surface area (Å²) in [5.41, 5.74) is 0.688. The number of rotatable bonds is 8. The topological polar surface area (TPSA) is 76.1 Å². The highest BCUT2D eigenvalue weighted by atomic mass is 35.5. The van der Waals surface area contributed by atoms with Gasteiger partial charge in [-0.1, -0.05) is 23.7 Å². The highest BCUT2D eigenvalue weighted by molar-refractivity contribution is 6.46. The number of aliphatic hydroxyl groups is 1. The molecule has 0 bridgehead atoms. The van der Waals surface area contributed by atoms with Gasteiger partial charge in [-0.2, -0.15) is 0 Å². The Kier molecular flexibility index (Phi) is 7.53. The van der Waals surface area contributed by atoms with Crippen molar-refractivity contribution in [3.8, 4) is 5.75 Å². The van der Waals surface area contributed by atoms with Crippen LogP contribution in [0.1, 0.15) is 37.9 Å². The molecule has 0 aromatic heterocycles. The van der Waals surface area contributed by atoms with Gasteiger partial charge in [-0.3, -0.25) is 9.59 Å². The van der Waals surface area contributed by atoms with Crippen LogP contribution in [0.4, 0.5) is 4.39 Å². The zero-order chi connectivity index (χ0) is 23.4. The third-order valence-electron chi connectivity index (χ3n) is 5.01. The summed E-state index contributed by atoms with van der Waals surface area (Å²) >= 11 is 6.14. The summed E-state index contributed by atoms with van der Waals surface area (Å²) in [5.74, 6) is -2.05. The smallest absolute Gasteiger partial charge is 0.295 e. The highest BCUT2D eigenvalue weighted by Crippen LogP contribution is 2.40. The molecule has 0 saturated carbocycles. The fraction of sp³-hybridized carbons (Fsp3) is 0.333. The first kappa shape index (κ1) is 23.8. The standard InChI is InChI=1S/C24H25ClFNO5/c1-4-31-19-13-16(7-10-18(19)25)22(28)20-21(15-5-8-17(26)9-6-15)27(24(30)23(20)29)11-12-32-14(2)3/h5-10,13-14,21,28H,4,11-12H2,1-3H3/b22-20-. The molecule has 32 heavy (non-hydrogen) atoms. The van der Waals surface area contributed by atoms with E-state index in [1.807, 2.05) is 13.8 Å². The lowest BCUT2D eigenvalue weighted by Crippen LogP contribution is -2.33. The van der Waals surface area contributed by atoms with Crippen molar-refractivity contribution >= 4 is 29.1 Å². The number of ether oxygens (including phenoxy) is 2. The number of carbonyl (C=O) groups excluding carboxylic acids is 2. The van der Waals surface area contributed by atoms with Crippen molar-refractivity contribution in [1.29, 1.82) is 0 Å². The van der Waals surface area contributed by atoms with E-state index in [-0.39, 0.29) is 36.2 Å². The molecule has 8 heteroatoms. The van der Waals surface area contributed by atoms with Gasteiger partial charge in [-0.15, -0.1) is 0 Å². The Bertz CT molecular complexity index is 1040. The monoisotopic (exact) mass is 461 g/mol. The lowest BCUT2D eigenvalue weighted by atomic mass is 9.95. The average molecular weight is 462 g/mol. The van der Waals surface area contributed by atoms with Crippen molar-refractivity contribution < 1.29 is 28.6 Å². The van der Waals surface area contributed by atoms with Gasteiger partial charge in [-0.05, 0) is 56.7 Å². The number of likely N-dealkylation sites (tertiary alicyclic amines) is 1. The number of aliphatic hydroxyl groups excluding tert-OH is 1. The molecule has 170 valence electrons. The second-order valence-corrected chi connectivity index (χ2v) is 7.95. The first-order valence-electron chi connectivity index (χ1n) is 10.3. The molecule has 1 heterocycles. The Hall–Kier alpha value is -2.90. The number of carbonyl (C=O) groups is 2. The molecule has 1 unspecified atom stereocenters. The molecule has 1 aliphatic heterocycles. The molecule has 3 rings (SSSR count). The quantitative estimate of drug-likeness (QED) is 0.349. The number of benzene rings is 2. The van der Waals surface area contributed by atoms with Crippen LogP contribution in [0.15, 0.2) is 48.0 Å². The summed E-state index contributed by atoms with van der Waals surface area (Å²) < 4.78 is 24.6. The molecular weight excluding hydrogens is 437 g/mol. The van der Waals surface area contributed by atoms with Crippen molar-refractivity contribution in [2.75, 3.05) is 19.8 Å². The summed E-state index contributed by atoms with van der Waals surface area (Å²) in [6.07, 6.45) is -0.0536. The zero-order valence-electron chi connectivity index (χ0n) is 18.1. The minimum atomic E-state index is -0.891. The Balaban J connectivity index is 2.10. The maximum Gasteiger partial charge on any atom is 0.295 e. The molecule has 0 radical (unpaired) electrons. The van der Waals surface area contributed by atoms with Crippen LogP contribution in [0.2, 0.25) is 5.02 Å². The fourth-order valence-electron chi connectivity index (χ4n) is 3.56. The molecule has 1 amide bonds. The summed E-state index contributed by atoms with van der Waals surface area (Å²) in [4.78, 5) is 27.2. The largest absolute Gasteiger partial charge is 0.507 e. The van der Waals surface area contributed by atoms with Crippen molar-refractivity contribution in [1.82, 2.24) is 4.90 Å². The van der Waals surface area contributed by atoms with Crippen LogP contribution in [0.25, 0.3) is 5.76 Å². The number of halogens is 2. The van der Waals surface area contributed by atoms with Crippen molar-refractivity contribution in [2.24, 2.45) is 0 Å². The van der Waals surface area contributed by atoms with Gasteiger partial charge in [0.1, 0.15) is 17.3 Å². The lowest BCUT2D eigenvalue weighted by molar-refractivity contribution is -0.140. The van der Waals surface area contributed by atoms with Crippen LogP contribution in [-0.2, 0) is 14.3 Å². The van der Waals surface area contributed by atoms with Gasteiger partial charge in [0.25, 0.3) is 11.7 Å². The SMILES string of the molecule is CCOc1cc(/C(O)=C2/C(=O)C(=O)N(CCOC(C)C)C2c2ccc(F)cc2)ccc1Cl.